The Morgan fingerprint density at radius 3 is 2.59 bits per heavy atom. The van der Waals surface area contributed by atoms with Gasteiger partial charge in [0.2, 0.25) is 0 Å². The van der Waals surface area contributed by atoms with Crippen molar-refractivity contribution in [1.82, 2.24) is 4.98 Å². The summed E-state index contributed by atoms with van der Waals surface area (Å²) < 4.78 is 22.9. The molecule has 1 aromatic heterocycles. The van der Waals surface area contributed by atoms with Crippen LogP contribution in [0.4, 0.5) is 5.69 Å². The molecule has 1 unspecified atom stereocenters. The van der Waals surface area contributed by atoms with Gasteiger partial charge in [-0.25, -0.2) is 14.0 Å². The van der Waals surface area contributed by atoms with Crippen LogP contribution in [0.25, 0.3) is 0 Å². The molecule has 0 fully saturated rings. The predicted molar refractivity (Wildman–Crippen MR) is 111 cm³/mol. The Hall–Kier alpha value is -3.63. The molecular formula is C22H18N2O4S. The summed E-state index contributed by atoms with van der Waals surface area (Å²) in [6, 6.07) is 17.1. The Bertz CT molecular complexity index is 1230. The van der Waals surface area contributed by atoms with E-state index in [1.165, 1.54) is 12.3 Å². The SMILES string of the molecule is COc1cccc(S(C)(=O)=Nc2ccccc2C#Cc2ccc(C(=O)O)nc2)c1. The number of nitrogens with zero attached hydrogens (tertiary/aromatic N) is 2. The summed E-state index contributed by atoms with van der Waals surface area (Å²) in [5.41, 5.74) is 1.63. The lowest BCUT2D eigenvalue weighted by molar-refractivity contribution is 0.0690. The number of rotatable bonds is 4. The maximum Gasteiger partial charge on any atom is 0.354 e. The number of carboxylic acids is 1. The molecule has 2 aromatic carbocycles. The van der Waals surface area contributed by atoms with Crippen LogP contribution >= 0.6 is 0 Å². The minimum Gasteiger partial charge on any atom is -0.497 e. The van der Waals surface area contributed by atoms with Gasteiger partial charge < -0.3 is 9.84 Å². The molecule has 6 nitrogen and oxygen atoms in total. The summed E-state index contributed by atoms with van der Waals surface area (Å²) >= 11 is 0. The van der Waals surface area contributed by atoms with Gasteiger partial charge in [-0.3, -0.25) is 0 Å². The van der Waals surface area contributed by atoms with Gasteiger partial charge in [0.05, 0.1) is 33.0 Å². The molecule has 7 heteroatoms. The van der Waals surface area contributed by atoms with E-state index in [0.717, 1.165) is 0 Å². The van der Waals surface area contributed by atoms with Crippen LogP contribution in [0, 0.1) is 11.8 Å². The smallest absolute Gasteiger partial charge is 0.354 e. The molecule has 0 spiro atoms. The number of aromatic carboxylic acids is 1. The Morgan fingerprint density at radius 2 is 1.90 bits per heavy atom. The van der Waals surface area contributed by atoms with Crippen molar-refractivity contribution in [3.8, 4) is 17.6 Å². The van der Waals surface area contributed by atoms with Crippen molar-refractivity contribution in [2.45, 2.75) is 4.90 Å². The molecule has 1 heterocycles. The van der Waals surface area contributed by atoms with Crippen LogP contribution in [0.5, 0.6) is 5.75 Å². The Morgan fingerprint density at radius 1 is 1.10 bits per heavy atom. The molecule has 0 radical (unpaired) electrons. The van der Waals surface area contributed by atoms with Crippen LogP contribution < -0.4 is 4.74 Å². The molecule has 0 aliphatic rings. The molecule has 3 aromatic rings. The van der Waals surface area contributed by atoms with E-state index in [1.54, 1.807) is 61.9 Å². The number of carboxylic acid groups (broad SMARTS) is 1. The highest BCUT2D eigenvalue weighted by molar-refractivity contribution is 7.93. The average molecular weight is 406 g/mol. The van der Waals surface area contributed by atoms with E-state index in [-0.39, 0.29) is 5.69 Å². The lowest BCUT2D eigenvalue weighted by Crippen LogP contribution is -1.99. The second-order valence-electron chi connectivity index (χ2n) is 6.08. The zero-order chi connectivity index (χ0) is 20.9. The van der Waals surface area contributed by atoms with E-state index in [4.69, 9.17) is 9.84 Å². The number of hydrogen-bond acceptors (Lipinski definition) is 5. The van der Waals surface area contributed by atoms with Gasteiger partial charge in [-0.2, -0.15) is 4.36 Å². The summed E-state index contributed by atoms with van der Waals surface area (Å²) in [5.74, 6) is 5.44. The number of carbonyl (C=O) groups is 1. The van der Waals surface area contributed by atoms with Gasteiger partial charge >= 0.3 is 5.97 Å². The Labute approximate surface area is 169 Å². The topological polar surface area (TPSA) is 88.8 Å². The quantitative estimate of drug-likeness (QED) is 0.662. The van der Waals surface area contributed by atoms with Crippen molar-refractivity contribution in [2.75, 3.05) is 13.4 Å². The van der Waals surface area contributed by atoms with Gasteiger partial charge in [-0.05, 0) is 42.5 Å². The van der Waals surface area contributed by atoms with E-state index < -0.39 is 15.7 Å². The predicted octanol–water partition coefficient (Wildman–Crippen LogP) is 3.98. The van der Waals surface area contributed by atoms with E-state index >= 15 is 0 Å². The third-order valence-electron chi connectivity index (χ3n) is 3.98. The van der Waals surface area contributed by atoms with Crippen molar-refractivity contribution in [3.05, 3.63) is 83.7 Å². The van der Waals surface area contributed by atoms with Crippen LogP contribution in [0.1, 0.15) is 21.6 Å². The molecule has 0 amide bonds. The van der Waals surface area contributed by atoms with Gasteiger partial charge in [0.15, 0.2) is 0 Å². The van der Waals surface area contributed by atoms with E-state index in [0.29, 0.717) is 27.5 Å². The molecule has 0 aliphatic carbocycles. The molecular weight excluding hydrogens is 388 g/mol. The minimum absolute atomic E-state index is 0.0463. The third-order valence-corrected chi connectivity index (χ3v) is 5.65. The number of ether oxygens (including phenoxy) is 1. The molecule has 0 saturated heterocycles. The molecule has 1 atom stereocenters. The lowest BCUT2D eigenvalue weighted by Gasteiger charge is -2.07. The molecule has 29 heavy (non-hydrogen) atoms. The molecule has 146 valence electrons. The summed E-state index contributed by atoms with van der Waals surface area (Å²) in [4.78, 5) is 15.3. The van der Waals surface area contributed by atoms with E-state index in [9.17, 15) is 9.00 Å². The van der Waals surface area contributed by atoms with Gasteiger partial charge in [-0.15, -0.1) is 0 Å². The maximum atomic E-state index is 13.2. The van der Waals surface area contributed by atoms with Crippen LogP contribution in [-0.4, -0.2) is 33.6 Å². The Kier molecular flexibility index (Phi) is 5.96. The number of pyridine rings is 1. The highest BCUT2D eigenvalue weighted by Crippen LogP contribution is 2.25. The normalized spacial score (nSPS) is 12.2. The van der Waals surface area contributed by atoms with Crippen molar-refractivity contribution >= 4 is 21.4 Å². The second kappa shape index (κ2) is 8.59. The fourth-order valence-corrected chi connectivity index (χ4v) is 3.78. The van der Waals surface area contributed by atoms with Crippen LogP contribution in [-0.2, 0) is 9.73 Å². The molecule has 0 aliphatic heterocycles. The maximum absolute atomic E-state index is 13.2. The fourth-order valence-electron chi connectivity index (χ4n) is 2.47. The number of aromatic nitrogens is 1. The van der Waals surface area contributed by atoms with Gasteiger partial charge in [0, 0.05) is 18.0 Å². The Balaban J connectivity index is 1.98. The van der Waals surface area contributed by atoms with Crippen molar-refractivity contribution in [3.63, 3.8) is 0 Å². The first-order valence-corrected chi connectivity index (χ1v) is 10.5. The zero-order valence-electron chi connectivity index (χ0n) is 15.8. The molecule has 1 N–H and O–H groups in total. The first kappa shape index (κ1) is 20.1. The first-order valence-electron chi connectivity index (χ1n) is 8.56. The summed E-state index contributed by atoms with van der Waals surface area (Å²) in [5, 5.41) is 8.91. The first-order chi connectivity index (χ1) is 13.9. The van der Waals surface area contributed by atoms with Crippen LogP contribution in [0.15, 0.2) is 76.1 Å². The highest BCUT2D eigenvalue weighted by Gasteiger charge is 2.09. The summed E-state index contributed by atoms with van der Waals surface area (Å²) in [6.07, 6.45) is 2.97. The number of hydrogen-bond donors (Lipinski definition) is 1. The van der Waals surface area contributed by atoms with Crippen LogP contribution in [0.3, 0.4) is 0 Å². The average Bonchev–Trinajstić information content (AvgIpc) is 2.73. The zero-order valence-corrected chi connectivity index (χ0v) is 16.6. The molecule has 0 bridgehead atoms. The van der Waals surface area contributed by atoms with Gasteiger partial charge in [0.25, 0.3) is 0 Å². The standard InChI is InChI=1S/C22H18N2O4S/c1-28-18-7-5-8-19(14-18)29(2,27)24-20-9-4-3-6-17(20)12-10-16-11-13-21(22(25)26)23-15-16/h3-9,11,13-15H,1-2H3,(H,25,26). The largest absolute Gasteiger partial charge is 0.497 e. The lowest BCUT2D eigenvalue weighted by atomic mass is 10.1. The van der Waals surface area contributed by atoms with E-state index in [2.05, 4.69) is 21.2 Å². The van der Waals surface area contributed by atoms with Crippen molar-refractivity contribution in [2.24, 2.45) is 4.36 Å². The summed E-state index contributed by atoms with van der Waals surface area (Å²) in [7, 11) is -1.16. The van der Waals surface area contributed by atoms with E-state index in [1.807, 2.05) is 6.07 Å². The molecule has 3 rings (SSSR count). The third kappa shape index (κ3) is 5.00. The van der Waals surface area contributed by atoms with Gasteiger partial charge in [-0.1, -0.05) is 30.0 Å². The fraction of sp³-hybridized carbons (Fsp3) is 0.0909. The monoisotopic (exact) mass is 406 g/mol. The van der Waals surface area contributed by atoms with Crippen molar-refractivity contribution < 1.29 is 18.8 Å². The summed E-state index contributed by atoms with van der Waals surface area (Å²) in [6.45, 7) is 0. The van der Waals surface area contributed by atoms with Crippen LogP contribution in [0.2, 0.25) is 0 Å². The van der Waals surface area contributed by atoms with Crippen molar-refractivity contribution in [1.29, 1.82) is 0 Å². The minimum atomic E-state index is -2.72. The van der Waals surface area contributed by atoms with Gasteiger partial charge in [0.1, 0.15) is 11.4 Å². The number of methoxy groups -OCH3 is 1. The highest BCUT2D eigenvalue weighted by atomic mass is 32.2. The molecule has 0 saturated carbocycles. The number of benzene rings is 2. The second-order valence-corrected chi connectivity index (χ2v) is 8.34.